The number of nitrogens with one attached hydrogen (secondary N) is 1. The highest BCUT2D eigenvalue weighted by Gasteiger charge is 2.21. The Morgan fingerprint density at radius 3 is 2.37 bits per heavy atom. The summed E-state index contributed by atoms with van der Waals surface area (Å²) < 4.78 is 15.8. The van der Waals surface area contributed by atoms with Crippen molar-refractivity contribution in [2.75, 3.05) is 20.8 Å². The smallest absolute Gasteiger partial charge is 0.313 e. The topological polar surface area (TPSA) is 73.9 Å². The SMILES string of the molecule is CCC(C(=O)OCC(=O)NCc1cccc(OC)c1OC)c1ccccc1. The molecule has 6 heteroatoms. The number of amides is 1. The van der Waals surface area contributed by atoms with E-state index in [1.165, 1.54) is 0 Å². The van der Waals surface area contributed by atoms with Gasteiger partial charge in [-0.15, -0.1) is 0 Å². The number of hydrogen-bond acceptors (Lipinski definition) is 5. The summed E-state index contributed by atoms with van der Waals surface area (Å²) >= 11 is 0. The quantitative estimate of drug-likeness (QED) is 0.686. The molecule has 0 aromatic heterocycles. The zero-order chi connectivity index (χ0) is 19.6. The molecule has 2 aromatic rings. The third-order valence-electron chi connectivity index (χ3n) is 4.20. The summed E-state index contributed by atoms with van der Waals surface area (Å²) in [5.41, 5.74) is 1.65. The van der Waals surface area contributed by atoms with Crippen LogP contribution in [0.2, 0.25) is 0 Å². The van der Waals surface area contributed by atoms with Gasteiger partial charge in [0, 0.05) is 12.1 Å². The lowest BCUT2D eigenvalue weighted by atomic mass is 9.97. The third-order valence-corrected chi connectivity index (χ3v) is 4.20. The number of para-hydroxylation sites is 1. The zero-order valence-electron chi connectivity index (χ0n) is 15.9. The van der Waals surface area contributed by atoms with Crippen molar-refractivity contribution < 1.29 is 23.8 Å². The van der Waals surface area contributed by atoms with Gasteiger partial charge in [-0.1, -0.05) is 49.4 Å². The van der Waals surface area contributed by atoms with Gasteiger partial charge in [-0.3, -0.25) is 9.59 Å². The number of rotatable bonds is 9. The third kappa shape index (κ3) is 5.48. The molecule has 0 aliphatic heterocycles. The lowest BCUT2D eigenvalue weighted by molar-refractivity contribution is -0.150. The Kier molecular flexibility index (Phi) is 7.67. The second-order valence-electron chi connectivity index (χ2n) is 5.91. The van der Waals surface area contributed by atoms with E-state index in [2.05, 4.69) is 5.32 Å². The molecule has 27 heavy (non-hydrogen) atoms. The van der Waals surface area contributed by atoms with Gasteiger partial charge in [-0.25, -0.2) is 0 Å². The molecule has 0 aliphatic rings. The minimum atomic E-state index is -0.405. The van der Waals surface area contributed by atoms with Crippen LogP contribution in [0.1, 0.15) is 30.4 Å². The molecular formula is C21H25NO5. The molecule has 1 N–H and O–H groups in total. The zero-order valence-corrected chi connectivity index (χ0v) is 15.9. The average Bonchev–Trinajstić information content (AvgIpc) is 2.71. The highest BCUT2D eigenvalue weighted by atomic mass is 16.5. The number of ether oxygens (including phenoxy) is 3. The molecule has 6 nitrogen and oxygen atoms in total. The van der Waals surface area contributed by atoms with Crippen molar-refractivity contribution in [1.82, 2.24) is 5.32 Å². The van der Waals surface area contributed by atoms with E-state index in [1.54, 1.807) is 20.3 Å². The molecule has 0 spiro atoms. The Balaban J connectivity index is 1.88. The monoisotopic (exact) mass is 371 g/mol. The summed E-state index contributed by atoms with van der Waals surface area (Å²) in [5.74, 6) is -0.0110. The first-order valence-electron chi connectivity index (χ1n) is 8.78. The van der Waals surface area contributed by atoms with Crippen LogP contribution in [0.5, 0.6) is 11.5 Å². The van der Waals surface area contributed by atoms with E-state index in [1.807, 2.05) is 49.4 Å². The van der Waals surface area contributed by atoms with E-state index >= 15 is 0 Å². The van der Waals surface area contributed by atoms with Gasteiger partial charge in [0.15, 0.2) is 18.1 Å². The predicted octanol–water partition coefficient (Wildman–Crippen LogP) is 3.06. The highest BCUT2D eigenvalue weighted by molar-refractivity contribution is 5.83. The fraction of sp³-hybridized carbons (Fsp3) is 0.333. The van der Waals surface area contributed by atoms with Gasteiger partial charge in [0.1, 0.15) is 0 Å². The Labute approximate surface area is 159 Å². The number of carbonyl (C=O) groups excluding carboxylic acids is 2. The Hall–Kier alpha value is -3.02. The van der Waals surface area contributed by atoms with Crippen LogP contribution in [0.3, 0.4) is 0 Å². The van der Waals surface area contributed by atoms with E-state index in [0.29, 0.717) is 17.9 Å². The molecule has 144 valence electrons. The first-order valence-corrected chi connectivity index (χ1v) is 8.78. The normalized spacial score (nSPS) is 11.4. The van der Waals surface area contributed by atoms with E-state index in [9.17, 15) is 9.59 Å². The average molecular weight is 371 g/mol. The number of methoxy groups -OCH3 is 2. The maximum absolute atomic E-state index is 12.3. The lowest BCUT2D eigenvalue weighted by Crippen LogP contribution is -2.29. The number of hydrogen-bond donors (Lipinski definition) is 1. The van der Waals surface area contributed by atoms with Crippen molar-refractivity contribution in [2.45, 2.75) is 25.8 Å². The number of carbonyl (C=O) groups is 2. The molecular weight excluding hydrogens is 346 g/mol. The fourth-order valence-corrected chi connectivity index (χ4v) is 2.80. The number of benzene rings is 2. The van der Waals surface area contributed by atoms with Crippen LogP contribution in [0.15, 0.2) is 48.5 Å². The molecule has 1 unspecified atom stereocenters. The molecule has 1 amide bonds. The van der Waals surface area contributed by atoms with Crippen molar-refractivity contribution in [3.05, 3.63) is 59.7 Å². The van der Waals surface area contributed by atoms with Crippen molar-refractivity contribution in [2.24, 2.45) is 0 Å². The Bertz CT molecular complexity index is 760. The molecule has 2 aromatic carbocycles. The van der Waals surface area contributed by atoms with E-state index in [4.69, 9.17) is 14.2 Å². The summed E-state index contributed by atoms with van der Waals surface area (Å²) in [6.45, 7) is 1.83. The summed E-state index contributed by atoms with van der Waals surface area (Å²) in [4.78, 5) is 24.4. The molecule has 0 saturated carbocycles. The molecule has 0 bridgehead atoms. The van der Waals surface area contributed by atoms with Crippen molar-refractivity contribution in [1.29, 1.82) is 0 Å². The Morgan fingerprint density at radius 1 is 1.00 bits per heavy atom. The lowest BCUT2D eigenvalue weighted by Gasteiger charge is -2.15. The molecule has 0 fully saturated rings. The molecule has 0 saturated heterocycles. The molecule has 2 rings (SSSR count). The van der Waals surface area contributed by atoms with Crippen LogP contribution in [0.4, 0.5) is 0 Å². The number of esters is 1. The van der Waals surface area contributed by atoms with Crippen LogP contribution < -0.4 is 14.8 Å². The standard InChI is InChI=1S/C21H25NO5/c1-4-17(15-9-6-5-7-10-15)21(24)27-14-19(23)22-13-16-11-8-12-18(25-2)20(16)26-3/h5-12,17H,4,13-14H2,1-3H3,(H,22,23). The molecule has 0 radical (unpaired) electrons. The minimum Gasteiger partial charge on any atom is -0.493 e. The van der Waals surface area contributed by atoms with E-state index in [-0.39, 0.29) is 25.0 Å². The Morgan fingerprint density at radius 2 is 1.74 bits per heavy atom. The van der Waals surface area contributed by atoms with Crippen LogP contribution in [0, 0.1) is 0 Å². The van der Waals surface area contributed by atoms with Gasteiger partial charge < -0.3 is 19.5 Å². The van der Waals surface area contributed by atoms with Crippen molar-refractivity contribution in [3.63, 3.8) is 0 Å². The van der Waals surface area contributed by atoms with Gasteiger partial charge in [-0.05, 0) is 18.1 Å². The fourth-order valence-electron chi connectivity index (χ4n) is 2.80. The van der Waals surface area contributed by atoms with Crippen molar-refractivity contribution >= 4 is 11.9 Å². The van der Waals surface area contributed by atoms with Gasteiger partial charge in [-0.2, -0.15) is 0 Å². The first kappa shape index (κ1) is 20.3. The second kappa shape index (κ2) is 10.2. The van der Waals surface area contributed by atoms with Crippen LogP contribution in [-0.4, -0.2) is 32.7 Å². The molecule has 1 atom stereocenters. The van der Waals surface area contributed by atoms with E-state index in [0.717, 1.165) is 11.1 Å². The highest BCUT2D eigenvalue weighted by Crippen LogP contribution is 2.30. The maximum Gasteiger partial charge on any atom is 0.313 e. The van der Waals surface area contributed by atoms with Crippen molar-refractivity contribution in [3.8, 4) is 11.5 Å². The molecule has 0 heterocycles. The van der Waals surface area contributed by atoms with Gasteiger partial charge in [0.25, 0.3) is 5.91 Å². The van der Waals surface area contributed by atoms with Crippen LogP contribution in [0.25, 0.3) is 0 Å². The van der Waals surface area contributed by atoms with Crippen LogP contribution >= 0.6 is 0 Å². The summed E-state index contributed by atoms with van der Waals surface area (Å²) in [6, 6.07) is 14.8. The molecule has 0 aliphatic carbocycles. The maximum atomic E-state index is 12.3. The summed E-state index contributed by atoms with van der Waals surface area (Å²) in [7, 11) is 3.09. The predicted molar refractivity (Wildman–Crippen MR) is 102 cm³/mol. The van der Waals surface area contributed by atoms with Gasteiger partial charge in [0.05, 0.1) is 20.1 Å². The second-order valence-corrected chi connectivity index (χ2v) is 5.91. The van der Waals surface area contributed by atoms with Gasteiger partial charge in [0.2, 0.25) is 0 Å². The minimum absolute atomic E-state index is 0.243. The summed E-state index contributed by atoms with van der Waals surface area (Å²) in [6.07, 6.45) is 0.603. The van der Waals surface area contributed by atoms with E-state index < -0.39 is 5.97 Å². The van der Waals surface area contributed by atoms with Gasteiger partial charge >= 0.3 is 5.97 Å². The first-order chi connectivity index (χ1) is 13.1. The largest absolute Gasteiger partial charge is 0.493 e. The summed E-state index contributed by atoms with van der Waals surface area (Å²) in [5, 5.41) is 2.73. The van der Waals surface area contributed by atoms with Crippen LogP contribution in [-0.2, 0) is 20.9 Å².